The van der Waals surface area contributed by atoms with Crippen LogP contribution in [0.5, 0.6) is 0 Å². The number of aromatic amines is 2. The number of hydrogen-bond donors (Lipinski definition) is 3. The average Bonchev–Trinajstić information content (AvgIpc) is 2.92. The number of aromatic nitrogens is 2. The molecule has 0 aliphatic carbocycles. The second-order valence-corrected chi connectivity index (χ2v) is 6.27. The van der Waals surface area contributed by atoms with Crippen LogP contribution in [0.25, 0.3) is 11.0 Å². The number of hydrogen-bond acceptors (Lipinski definition) is 2. The maximum atomic E-state index is 12.2. The zero-order valence-corrected chi connectivity index (χ0v) is 14.0. The van der Waals surface area contributed by atoms with E-state index in [1.54, 1.807) is 0 Å². The lowest BCUT2D eigenvalue weighted by molar-refractivity contribution is -0.121. The van der Waals surface area contributed by atoms with E-state index < -0.39 is 0 Å². The summed E-state index contributed by atoms with van der Waals surface area (Å²) in [6.07, 6.45) is 0.368. The van der Waals surface area contributed by atoms with Crippen LogP contribution in [0.2, 0.25) is 5.02 Å². The van der Waals surface area contributed by atoms with E-state index in [4.69, 9.17) is 11.6 Å². The standard InChI is InChI=1S/C18H18ClN3O2/c1-11(13-4-2-3-5-14(13)19)8-17(23)20-10-12-6-7-15-16(9-12)22-18(24)21-15/h2-7,9,11H,8,10H2,1H3,(H,20,23)(H2,21,22,24). The van der Waals surface area contributed by atoms with E-state index in [1.807, 2.05) is 49.4 Å². The van der Waals surface area contributed by atoms with Crippen molar-refractivity contribution >= 4 is 28.5 Å². The van der Waals surface area contributed by atoms with Crippen molar-refractivity contribution in [3.63, 3.8) is 0 Å². The minimum Gasteiger partial charge on any atom is -0.352 e. The number of benzene rings is 2. The van der Waals surface area contributed by atoms with Gasteiger partial charge < -0.3 is 15.3 Å². The number of imidazole rings is 1. The van der Waals surface area contributed by atoms with E-state index >= 15 is 0 Å². The van der Waals surface area contributed by atoms with E-state index in [1.165, 1.54) is 0 Å². The average molecular weight is 344 g/mol. The molecule has 0 bridgehead atoms. The van der Waals surface area contributed by atoms with E-state index in [9.17, 15) is 9.59 Å². The molecule has 0 fully saturated rings. The van der Waals surface area contributed by atoms with Gasteiger partial charge in [0.15, 0.2) is 0 Å². The summed E-state index contributed by atoms with van der Waals surface area (Å²) in [6.45, 7) is 2.40. The number of halogens is 1. The van der Waals surface area contributed by atoms with Crippen molar-refractivity contribution < 1.29 is 4.79 Å². The molecular weight excluding hydrogens is 326 g/mol. The van der Waals surface area contributed by atoms with Crippen molar-refractivity contribution in [3.8, 4) is 0 Å². The summed E-state index contributed by atoms with van der Waals surface area (Å²) in [6, 6.07) is 13.1. The molecule has 1 atom stereocenters. The predicted molar refractivity (Wildman–Crippen MR) is 95.3 cm³/mol. The molecule has 0 aliphatic rings. The quantitative estimate of drug-likeness (QED) is 0.664. The maximum Gasteiger partial charge on any atom is 0.323 e. The first-order valence-corrected chi connectivity index (χ1v) is 8.13. The highest BCUT2D eigenvalue weighted by Crippen LogP contribution is 2.26. The molecule has 124 valence electrons. The summed E-state index contributed by atoms with van der Waals surface area (Å²) in [5.41, 5.74) is 3.15. The molecule has 1 aromatic heterocycles. The minimum absolute atomic E-state index is 0.0370. The van der Waals surface area contributed by atoms with Crippen molar-refractivity contribution in [2.24, 2.45) is 0 Å². The lowest BCUT2D eigenvalue weighted by Crippen LogP contribution is -2.24. The Hall–Kier alpha value is -2.53. The summed E-state index contributed by atoms with van der Waals surface area (Å²) >= 11 is 6.17. The molecule has 5 nitrogen and oxygen atoms in total. The van der Waals surface area contributed by atoms with E-state index in [-0.39, 0.29) is 17.5 Å². The van der Waals surface area contributed by atoms with Crippen molar-refractivity contribution in [1.29, 1.82) is 0 Å². The van der Waals surface area contributed by atoms with Gasteiger partial charge in [-0.05, 0) is 35.2 Å². The fourth-order valence-corrected chi connectivity index (χ4v) is 3.05. The van der Waals surface area contributed by atoms with E-state index in [0.717, 1.165) is 22.2 Å². The molecule has 24 heavy (non-hydrogen) atoms. The molecule has 1 amide bonds. The molecule has 3 N–H and O–H groups in total. The monoisotopic (exact) mass is 343 g/mol. The second-order valence-electron chi connectivity index (χ2n) is 5.86. The summed E-state index contributed by atoms with van der Waals surface area (Å²) < 4.78 is 0. The molecule has 0 saturated heterocycles. The van der Waals surface area contributed by atoms with Crippen LogP contribution in [0.3, 0.4) is 0 Å². The molecular formula is C18H18ClN3O2. The smallest absolute Gasteiger partial charge is 0.323 e. The molecule has 1 unspecified atom stereocenters. The first-order chi connectivity index (χ1) is 11.5. The Morgan fingerprint density at radius 1 is 1.17 bits per heavy atom. The highest BCUT2D eigenvalue weighted by Gasteiger charge is 2.13. The van der Waals surface area contributed by atoms with Gasteiger partial charge in [-0.1, -0.05) is 42.8 Å². The first-order valence-electron chi connectivity index (χ1n) is 7.75. The Bertz CT molecular complexity index is 929. The molecule has 0 saturated carbocycles. The van der Waals surface area contributed by atoms with Crippen LogP contribution >= 0.6 is 11.6 Å². The summed E-state index contributed by atoms with van der Waals surface area (Å²) in [5, 5.41) is 3.59. The van der Waals surface area contributed by atoms with Crippen LogP contribution in [-0.4, -0.2) is 15.9 Å². The zero-order chi connectivity index (χ0) is 17.1. The molecule has 0 radical (unpaired) electrons. The van der Waals surface area contributed by atoms with Gasteiger partial charge in [0.2, 0.25) is 5.91 Å². The summed E-state index contributed by atoms with van der Waals surface area (Å²) in [7, 11) is 0. The van der Waals surface area contributed by atoms with Gasteiger partial charge in [0, 0.05) is 18.0 Å². The van der Waals surface area contributed by atoms with Crippen molar-refractivity contribution in [1.82, 2.24) is 15.3 Å². The third-order valence-electron chi connectivity index (χ3n) is 4.00. The Labute approximate surface area is 144 Å². The number of rotatable bonds is 5. The van der Waals surface area contributed by atoms with Gasteiger partial charge in [0.1, 0.15) is 0 Å². The molecule has 1 heterocycles. The highest BCUT2D eigenvalue weighted by atomic mass is 35.5. The molecule has 3 aromatic rings. The Kier molecular flexibility index (Phi) is 4.71. The number of carbonyl (C=O) groups excluding carboxylic acids is 1. The van der Waals surface area contributed by atoms with Crippen molar-refractivity contribution in [2.75, 3.05) is 0 Å². The van der Waals surface area contributed by atoms with Gasteiger partial charge in [-0.3, -0.25) is 4.79 Å². The molecule has 2 aromatic carbocycles. The minimum atomic E-state index is -0.236. The molecule has 6 heteroatoms. The molecule has 3 rings (SSSR count). The summed E-state index contributed by atoms with van der Waals surface area (Å²) in [5.74, 6) is 0.00675. The third-order valence-corrected chi connectivity index (χ3v) is 4.34. The van der Waals surface area contributed by atoms with E-state index in [0.29, 0.717) is 18.0 Å². The van der Waals surface area contributed by atoms with Crippen molar-refractivity contribution in [3.05, 3.63) is 69.1 Å². The topological polar surface area (TPSA) is 77.8 Å². The van der Waals surface area contributed by atoms with Crippen LogP contribution in [0.15, 0.2) is 47.3 Å². The van der Waals surface area contributed by atoms with E-state index in [2.05, 4.69) is 15.3 Å². The maximum absolute atomic E-state index is 12.2. The van der Waals surface area contributed by atoms with Gasteiger partial charge in [0.25, 0.3) is 0 Å². The largest absolute Gasteiger partial charge is 0.352 e. The van der Waals surface area contributed by atoms with Gasteiger partial charge in [0.05, 0.1) is 11.0 Å². The fraction of sp³-hybridized carbons (Fsp3) is 0.222. The predicted octanol–water partition coefficient (Wildman–Crippen LogP) is 3.32. The van der Waals surface area contributed by atoms with Crippen molar-refractivity contribution in [2.45, 2.75) is 25.8 Å². The number of carbonyl (C=O) groups is 1. The number of amides is 1. The fourth-order valence-electron chi connectivity index (χ4n) is 2.73. The third kappa shape index (κ3) is 3.68. The van der Waals surface area contributed by atoms with Gasteiger partial charge in [-0.2, -0.15) is 0 Å². The zero-order valence-electron chi connectivity index (χ0n) is 13.2. The number of fused-ring (bicyclic) bond motifs is 1. The van der Waals surface area contributed by atoms with Crippen LogP contribution in [-0.2, 0) is 11.3 Å². The normalized spacial score (nSPS) is 12.2. The Morgan fingerprint density at radius 2 is 1.92 bits per heavy atom. The van der Waals surface area contributed by atoms with Gasteiger partial charge in [-0.25, -0.2) is 4.79 Å². The first kappa shape index (κ1) is 16.3. The lowest BCUT2D eigenvalue weighted by atomic mass is 9.97. The summed E-state index contributed by atoms with van der Waals surface area (Å²) in [4.78, 5) is 28.8. The van der Waals surface area contributed by atoms with Gasteiger partial charge >= 0.3 is 5.69 Å². The van der Waals surface area contributed by atoms with Gasteiger partial charge in [-0.15, -0.1) is 0 Å². The van der Waals surface area contributed by atoms with Crippen LogP contribution in [0, 0.1) is 0 Å². The highest BCUT2D eigenvalue weighted by molar-refractivity contribution is 6.31. The molecule has 0 aliphatic heterocycles. The SMILES string of the molecule is CC(CC(=O)NCc1ccc2[nH]c(=O)[nH]c2c1)c1ccccc1Cl. The molecule has 0 spiro atoms. The second kappa shape index (κ2) is 6.93. The number of nitrogens with one attached hydrogen (secondary N) is 3. The van der Waals surface area contributed by atoms with Crippen LogP contribution in [0.4, 0.5) is 0 Å². The van der Waals surface area contributed by atoms with Crippen LogP contribution in [0.1, 0.15) is 30.4 Å². The van der Waals surface area contributed by atoms with Crippen LogP contribution < -0.4 is 11.0 Å². The Balaban J connectivity index is 1.60. The Morgan fingerprint density at radius 3 is 2.71 bits per heavy atom. The lowest BCUT2D eigenvalue weighted by Gasteiger charge is -2.13. The number of H-pyrrole nitrogens is 2.